The predicted octanol–water partition coefficient (Wildman–Crippen LogP) is 5.41. The second-order valence-corrected chi connectivity index (χ2v) is 11.2. The summed E-state index contributed by atoms with van der Waals surface area (Å²) in [5.74, 6) is -0.651. The lowest BCUT2D eigenvalue weighted by atomic mass is 10.2. The van der Waals surface area contributed by atoms with E-state index < -0.39 is 0 Å². The van der Waals surface area contributed by atoms with Gasteiger partial charge >= 0.3 is 0 Å². The van der Waals surface area contributed by atoms with Gasteiger partial charge in [-0.3, -0.25) is 14.4 Å². The number of aryl methyl sites for hydroxylation is 1. The first kappa shape index (κ1) is 31.4. The van der Waals surface area contributed by atoms with Gasteiger partial charge in [-0.05, 0) is 75.6 Å². The van der Waals surface area contributed by atoms with Crippen molar-refractivity contribution in [2.45, 2.75) is 12.8 Å². The Kier molecular flexibility index (Phi) is 12.2. The second-order valence-electron chi connectivity index (χ2n) is 9.58. The minimum Gasteiger partial charge on any atom is -0.370 e. The fourth-order valence-corrected chi connectivity index (χ4v) is 4.95. The van der Waals surface area contributed by atoms with Crippen LogP contribution in [0, 0.1) is 0 Å². The quantitative estimate of drug-likeness (QED) is 0.199. The van der Waals surface area contributed by atoms with E-state index in [0.717, 1.165) is 42.4 Å². The fraction of sp³-hybridized carbons (Fsp3) is 0.345. The molecule has 1 heterocycles. The Labute approximate surface area is 252 Å². The van der Waals surface area contributed by atoms with E-state index in [2.05, 4.69) is 52.7 Å². The van der Waals surface area contributed by atoms with Crippen LogP contribution in [0.3, 0.4) is 0 Å². The topological polar surface area (TPSA) is 98.7 Å². The summed E-state index contributed by atoms with van der Waals surface area (Å²) in [6.45, 7) is 2.53. The Hall–Kier alpha value is -3.15. The average Bonchev–Trinajstić information content (AvgIpc) is 3.28. The number of rotatable bonds is 14. The molecule has 0 aliphatic carbocycles. The van der Waals surface area contributed by atoms with E-state index in [4.69, 9.17) is 0 Å². The Morgan fingerprint density at radius 1 is 0.800 bits per heavy atom. The van der Waals surface area contributed by atoms with Crippen molar-refractivity contribution >= 4 is 72.3 Å². The molecule has 3 rings (SSSR count). The molecule has 9 nitrogen and oxygen atoms in total. The summed E-state index contributed by atoms with van der Waals surface area (Å²) < 4.78 is 1.67. The average molecular weight is 676 g/mol. The molecular formula is C29H36Br2N6O3. The maximum atomic E-state index is 13.1. The molecule has 1 aromatic heterocycles. The van der Waals surface area contributed by atoms with Crippen LogP contribution in [-0.4, -0.2) is 71.6 Å². The third-order valence-corrected chi connectivity index (χ3v) is 6.82. The molecule has 0 bridgehead atoms. The van der Waals surface area contributed by atoms with Crippen LogP contribution < -0.4 is 20.9 Å². The van der Waals surface area contributed by atoms with Gasteiger partial charge in [-0.15, -0.1) is 0 Å². The van der Waals surface area contributed by atoms with E-state index in [9.17, 15) is 14.4 Å². The Balaban J connectivity index is 1.59. The molecule has 0 saturated carbocycles. The number of benzene rings is 2. The van der Waals surface area contributed by atoms with E-state index in [-0.39, 0.29) is 17.7 Å². The Morgan fingerprint density at radius 3 is 2.12 bits per heavy atom. The minimum atomic E-state index is -0.312. The molecule has 40 heavy (non-hydrogen) atoms. The molecule has 0 atom stereocenters. The van der Waals surface area contributed by atoms with Crippen LogP contribution in [0.4, 0.5) is 22.7 Å². The molecule has 11 heteroatoms. The minimum absolute atomic E-state index is 0.0592. The van der Waals surface area contributed by atoms with Crippen molar-refractivity contribution in [2.75, 3.05) is 65.2 Å². The zero-order valence-electron chi connectivity index (χ0n) is 23.0. The molecule has 0 fully saturated rings. The summed E-state index contributed by atoms with van der Waals surface area (Å²) in [6, 6.07) is 16.1. The molecule has 0 radical (unpaired) electrons. The van der Waals surface area contributed by atoms with Crippen LogP contribution in [0.1, 0.15) is 33.7 Å². The van der Waals surface area contributed by atoms with Crippen molar-refractivity contribution in [1.29, 1.82) is 0 Å². The molecule has 214 valence electrons. The first-order valence-corrected chi connectivity index (χ1v) is 15.2. The number of carbonyl (C=O) groups excluding carboxylic acids is 3. The predicted molar refractivity (Wildman–Crippen MR) is 170 cm³/mol. The third-order valence-electron chi connectivity index (χ3n) is 6.11. The molecule has 3 N–H and O–H groups in total. The Bertz CT molecular complexity index is 1290. The summed E-state index contributed by atoms with van der Waals surface area (Å²) in [4.78, 5) is 42.2. The maximum Gasteiger partial charge on any atom is 0.272 e. The molecule has 0 spiro atoms. The molecule has 0 aliphatic rings. The van der Waals surface area contributed by atoms with E-state index in [1.807, 2.05) is 43.3 Å². The zero-order valence-corrected chi connectivity index (χ0v) is 26.2. The first-order valence-electron chi connectivity index (χ1n) is 13.0. The number of hydrogen-bond acceptors (Lipinski definition) is 5. The van der Waals surface area contributed by atoms with Crippen LogP contribution in [0.2, 0.25) is 0 Å². The van der Waals surface area contributed by atoms with Crippen LogP contribution in [0.5, 0.6) is 0 Å². The number of hydrogen-bond donors (Lipinski definition) is 3. The van der Waals surface area contributed by atoms with Gasteiger partial charge in [0.1, 0.15) is 5.69 Å². The lowest BCUT2D eigenvalue weighted by Gasteiger charge is -2.23. The SMILES string of the molecule is CN(C)CCCC(=O)Nc1ccc(C(=O)Nc2cc(C(=O)Nc3cccc(N(CCBr)CCBr)c3)n(C)c2)cc1. The number of carbonyl (C=O) groups is 3. The van der Waals surface area contributed by atoms with E-state index >= 15 is 0 Å². The van der Waals surface area contributed by atoms with Gasteiger partial charge in [0.2, 0.25) is 5.91 Å². The smallest absolute Gasteiger partial charge is 0.272 e. The van der Waals surface area contributed by atoms with E-state index in [0.29, 0.717) is 34.7 Å². The summed E-state index contributed by atoms with van der Waals surface area (Å²) in [5, 5.41) is 10.3. The largest absolute Gasteiger partial charge is 0.370 e. The highest BCUT2D eigenvalue weighted by molar-refractivity contribution is 9.09. The fourth-order valence-electron chi connectivity index (χ4n) is 4.10. The van der Waals surface area contributed by atoms with Crippen LogP contribution in [0.25, 0.3) is 0 Å². The molecule has 3 aromatic rings. The van der Waals surface area contributed by atoms with Crippen molar-refractivity contribution in [3.63, 3.8) is 0 Å². The van der Waals surface area contributed by atoms with Gasteiger partial charge in [0, 0.05) is 66.0 Å². The number of halogens is 2. The summed E-state index contributed by atoms with van der Waals surface area (Å²) >= 11 is 6.99. The van der Waals surface area contributed by atoms with Gasteiger partial charge in [0.15, 0.2) is 0 Å². The number of amides is 3. The number of nitrogens with zero attached hydrogens (tertiary/aromatic N) is 3. The van der Waals surface area contributed by atoms with E-state index in [1.54, 1.807) is 48.1 Å². The van der Waals surface area contributed by atoms with Crippen molar-refractivity contribution in [3.05, 3.63) is 72.1 Å². The van der Waals surface area contributed by atoms with Crippen LogP contribution in [0.15, 0.2) is 60.8 Å². The monoisotopic (exact) mass is 674 g/mol. The summed E-state index contributed by atoms with van der Waals surface area (Å²) in [5.41, 5.74) is 3.70. The molecule has 2 aromatic carbocycles. The highest BCUT2D eigenvalue weighted by atomic mass is 79.9. The molecule has 0 unspecified atom stereocenters. The van der Waals surface area contributed by atoms with Gasteiger partial charge in [-0.25, -0.2) is 0 Å². The van der Waals surface area contributed by atoms with Gasteiger partial charge < -0.3 is 30.3 Å². The lowest BCUT2D eigenvalue weighted by Crippen LogP contribution is -2.27. The number of aromatic nitrogens is 1. The summed E-state index contributed by atoms with van der Waals surface area (Å²) in [7, 11) is 5.70. The van der Waals surface area contributed by atoms with E-state index in [1.165, 1.54) is 0 Å². The van der Waals surface area contributed by atoms with Crippen molar-refractivity contribution in [3.8, 4) is 0 Å². The molecular weight excluding hydrogens is 640 g/mol. The van der Waals surface area contributed by atoms with Gasteiger partial charge in [-0.2, -0.15) is 0 Å². The second kappa shape index (κ2) is 15.6. The van der Waals surface area contributed by atoms with Crippen molar-refractivity contribution in [1.82, 2.24) is 9.47 Å². The third kappa shape index (κ3) is 9.50. The van der Waals surface area contributed by atoms with Crippen LogP contribution >= 0.6 is 31.9 Å². The van der Waals surface area contributed by atoms with Gasteiger partial charge in [0.25, 0.3) is 11.8 Å². The lowest BCUT2D eigenvalue weighted by molar-refractivity contribution is -0.116. The number of anilines is 4. The Morgan fingerprint density at radius 2 is 1.48 bits per heavy atom. The molecule has 0 saturated heterocycles. The first-order chi connectivity index (χ1) is 19.2. The van der Waals surface area contributed by atoms with Crippen molar-refractivity contribution in [2.24, 2.45) is 7.05 Å². The molecule has 3 amide bonds. The van der Waals surface area contributed by atoms with Gasteiger partial charge in [0.05, 0.1) is 5.69 Å². The maximum absolute atomic E-state index is 13.1. The molecule has 0 aliphatic heterocycles. The highest BCUT2D eigenvalue weighted by Gasteiger charge is 2.15. The highest BCUT2D eigenvalue weighted by Crippen LogP contribution is 2.22. The van der Waals surface area contributed by atoms with Crippen molar-refractivity contribution < 1.29 is 14.4 Å². The number of alkyl halides is 2. The van der Waals surface area contributed by atoms with Gasteiger partial charge in [-0.1, -0.05) is 37.9 Å². The van der Waals surface area contributed by atoms with Crippen LogP contribution in [-0.2, 0) is 11.8 Å². The summed E-state index contributed by atoms with van der Waals surface area (Å²) in [6.07, 6.45) is 2.90. The zero-order chi connectivity index (χ0) is 29.1. The standard InChI is InChI=1S/C29H36Br2N6O3/c1-35(2)15-5-8-27(38)32-22-11-9-21(10-12-22)28(39)34-24-19-26(36(3)20-24)29(40)33-23-6-4-7-25(18-23)37(16-13-30)17-14-31/h4,6-7,9-12,18-20H,5,8,13-17H2,1-3H3,(H,32,38)(H,33,40)(H,34,39). The number of nitrogens with one attached hydrogen (secondary N) is 3. The normalized spacial score (nSPS) is 10.8.